The molecule has 0 spiro atoms. The first-order valence-corrected chi connectivity index (χ1v) is 6.71. The second kappa shape index (κ2) is 6.01. The van der Waals surface area contributed by atoms with Gasteiger partial charge < -0.3 is 11.1 Å². The number of nitrogen functional groups attached to an aromatic ring is 1. The van der Waals surface area contributed by atoms with Gasteiger partial charge in [-0.05, 0) is 43.4 Å². The van der Waals surface area contributed by atoms with Crippen LogP contribution in [0.3, 0.4) is 0 Å². The lowest BCUT2D eigenvalue weighted by Crippen LogP contribution is -2.32. The van der Waals surface area contributed by atoms with Crippen LogP contribution in [0.15, 0.2) is 18.5 Å². The van der Waals surface area contributed by atoms with E-state index in [0.29, 0.717) is 6.04 Å². The van der Waals surface area contributed by atoms with Crippen LogP contribution in [0.2, 0.25) is 0 Å². The van der Waals surface area contributed by atoms with Crippen LogP contribution >= 0.6 is 0 Å². The fraction of sp³-hybridized carbons (Fsp3) is 0.643. The van der Waals surface area contributed by atoms with Gasteiger partial charge in [0, 0.05) is 24.1 Å². The van der Waals surface area contributed by atoms with E-state index in [1.165, 1.54) is 31.2 Å². The molecule has 1 saturated carbocycles. The van der Waals surface area contributed by atoms with Crippen LogP contribution in [0, 0.1) is 5.92 Å². The average molecular weight is 233 g/mol. The summed E-state index contributed by atoms with van der Waals surface area (Å²) < 4.78 is 0. The average Bonchev–Trinajstić information content (AvgIpc) is 3.13. The Hall–Kier alpha value is -1.09. The smallest absolute Gasteiger partial charge is 0.0378 e. The van der Waals surface area contributed by atoms with Crippen molar-refractivity contribution in [2.75, 3.05) is 12.3 Å². The van der Waals surface area contributed by atoms with Crippen LogP contribution in [-0.2, 0) is 6.42 Å². The van der Waals surface area contributed by atoms with Crippen molar-refractivity contribution in [2.45, 2.75) is 45.1 Å². The third kappa shape index (κ3) is 4.00. The number of rotatable bonds is 7. The summed E-state index contributed by atoms with van der Waals surface area (Å²) in [6.07, 6.45) is 9.96. The fourth-order valence-corrected chi connectivity index (χ4v) is 2.22. The van der Waals surface area contributed by atoms with Crippen LogP contribution in [0.25, 0.3) is 0 Å². The minimum Gasteiger partial charge on any atom is -0.398 e. The van der Waals surface area contributed by atoms with E-state index in [1.54, 1.807) is 6.20 Å². The highest BCUT2D eigenvalue weighted by Gasteiger charge is 2.25. The number of nitrogens with one attached hydrogen (secondary N) is 1. The molecule has 1 aromatic rings. The summed E-state index contributed by atoms with van der Waals surface area (Å²) in [7, 11) is 0. The number of nitrogens with two attached hydrogens (primary N) is 1. The number of hydrogen-bond donors (Lipinski definition) is 2. The van der Waals surface area contributed by atoms with Crippen LogP contribution in [0.4, 0.5) is 5.69 Å². The zero-order valence-corrected chi connectivity index (χ0v) is 10.7. The van der Waals surface area contributed by atoms with E-state index in [4.69, 9.17) is 5.73 Å². The van der Waals surface area contributed by atoms with E-state index < -0.39 is 0 Å². The van der Waals surface area contributed by atoms with Gasteiger partial charge in [-0.3, -0.25) is 4.98 Å². The van der Waals surface area contributed by atoms with Gasteiger partial charge in [0.2, 0.25) is 0 Å². The molecule has 94 valence electrons. The highest BCUT2D eigenvalue weighted by molar-refractivity contribution is 5.44. The quantitative estimate of drug-likeness (QED) is 0.760. The predicted molar refractivity (Wildman–Crippen MR) is 71.8 cm³/mol. The maximum Gasteiger partial charge on any atom is 0.0378 e. The van der Waals surface area contributed by atoms with E-state index in [2.05, 4.69) is 17.2 Å². The number of hydrogen-bond acceptors (Lipinski definition) is 3. The Kier molecular flexibility index (Phi) is 4.37. The molecule has 2 rings (SSSR count). The first-order chi connectivity index (χ1) is 8.29. The SMILES string of the molecule is CCCNC(Cc1cnccc1N)CC1CC1. The fourth-order valence-electron chi connectivity index (χ4n) is 2.22. The van der Waals surface area contributed by atoms with Crippen LogP contribution in [0.5, 0.6) is 0 Å². The van der Waals surface area contributed by atoms with E-state index in [1.807, 2.05) is 12.3 Å². The zero-order valence-electron chi connectivity index (χ0n) is 10.7. The number of aromatic nitrogens is 1. The number of nitrogens with zero attached hydrogens (tertiary/aromatic N) is 1. The van der Waals surface area contributed by atoms with Gasteiger partial charge in [-0.1, -0.05) is 19.8 Å². The van der Waals surface area contributed by atoms with Gasteiger partial charge in [-0.15, -0.1) is 0 Å². The predicted octanol–water partition coefficient (Wildman–Crippen LogP) is 2.37. The second-order valence-electron chi connectivity index (χ2n) is 5.11. The lowest BCUT2D eigenvalue weighted by Gasteiger charge is -2.19. The maximum absolute atomic E-state index is 5.98. The van der Waals surface area contributed by atoms with Crippen molar-refractivity contribution >= 4 is 5.69 Å². The number of anilines is 1. The molecule has 1 heterocycles. The molecule has 1 atom stereocenters. The first kappa shape index (κ1) is 12.4. The highest BCUT2D eigenvalue weighted by Crippen LogP contribution is 2.34. The minimum absolute atomic E-state index is 0.564. The third-order valence-electron chi connectivity index (χ3n) is 3.41. The van der Waals surface area contributed by atoms with Gasteiger partial charge in [0.05, 0.1) is 0 Å². The van der Waals surface area contributed by atoms with Crippen molar-refractivity contribution in [2.24, 2.45) is 5.92 Å². The molecule has 0 aromatic carbocycles. The molecule has 0 amide bonds. The number of pyridine rings is 1. The topological polar surface area (TPSA) is 50.9 Å². The molecule has 17 heavy (non-hydrogen) atoms. The lowest BCUT2D eigenvalue weighted by molar-refractivity contribution is 0.455. The standard InChI is InChI=1S/C14H23N3/c1-2-6-17-13(8-11-3-4-11)9-12-10-16-7-5-14(12)15/h5,7,10-11,13,17H,2-4,6,8-9H2,1H3,(H2,15,16). The molecule has 0 aliphatic heterocycles. The molecule has 1 aromatic heterocycles. The van der Waals surface area contributed by atoms with Gasteiger partial charge in [0.25, 0.3) is 0 Å². The molecule has 3 N–H and O–H groups in total. The van der Waals surface area contributed by atoms with E-state index in [9.17, 15) is 0 Å². The van der Waals surface area contributed by atoms with E-state index in [-0.39, 0.29) is 0 Å². The van der Waals surface area contributed by atoms with Gasteiger partial charge in [-0.25, -0.2) is 0 Å². The van der Waals surface area contributed by atoms with Gasteiger partial charge >= 0.3 is 0 Å². The van der Waals surface area contributed by atoms with Crippen molar-refractivity contribution in [3.63, 3.8) is 0 Å². The summed E-state index contributed by atoms with van der Waals surface area (Å²) in [6.45, 7) is 3.30. The second-order valence-corrected chi connectivity index (χ2v) is 5.11. The molecule has 3 nitrogen and oxygen atoms in total. The summed E-state index contributed by atoms with van der Waals surface area (Å²) in [5.41, 5.74) is 8.03. The third-order valence-corrected chi connectivity index (χ3v) is 3.41. The van der Waals surface area contributed by atoms with Crippen molar-refractivity contribution < 1.29 is 0 Å². The van der Waals surface area contributed by atoms with Crippen molar-refractivity contribution in [3.8, 4) is 0 Å². The van der Waals surface area contributed by atoms with Gasteiger partial charge in [0.1, 0.15) is 0 Å². The zero-order chi connectivity index (χ0) is 12.1. The summed E-state index contributed by atoms with van der Waals surface area (Å²) >= 11 is 0. The van der Waals surface area contributed by atoms with Gasteiger partial charge in [0.15, 0.2) is 0 Å². The molecular formula is C14H23N3. The summed E-state index contributed by atoms with van der Waals surface area (Å²) in [5.74, 6) is 0.947. The molecular weight excluding hydrogens is 210 g/mol. The Bertz CT molecular complexity index is 347. The van der Waals surface area contributed by atoms with Crippen molar-refractivity contribution in [1.29, 1.82) is 0 Å². The Morgan fingerprint density at radius 1 is 1.53 bits per heavy atom. The Morgan fingerprint density at radius 2 is 2.35 bits per heavy atom. The highest BCUT2D eigenvalue weighted by atomic mass is 14.9. The van der Waals surface area contributed by atoms with Crippen LogP contribution in [-0.4, -0.2) is 17.6 Å². The molecule has 1 aliphatic rings. The van der Waals surface area contributed by atoms with Crippen LogP contribution < -0.4 is 11.1 Å². The lowest BCUT2D eigenvalue weighted by atomic mass is 10.0. The molecule has 1 unspecified atom stereocenters. The minimum atomic E-state index is 0.564. The summed E-state index contributed by atoms with van der Waals surface area (Å²) in [4.78, 5) is 4.17. The molecule has 1 fully saturated rings. The monoisotopic (exact) mass is 233 g/mol. The molecule has 3 heteroatoms. The Labute approximate surface area is 104 Å². The van der Waals surface area contributed by atoms with Gasteiger partial charge in [-0.2, -0.15) is 0 Å². The summed E-state index contributed by atoms with van der Waals surface area (Å²) in [5, 5.41) is 3.63. The molecule has 0 bridgehead atoms. The Morgan fingerprint density at radius 3 is 3.00 bits per heavy atom. The Balaban J connectivity index is 1.92. The molecule has 1 aliphatic carbocycles. The summed E-state index contributed by atoms with van der Waals surface area (Å²) in [6, 6.07) is 2.46. The first-order valence-electron chi connectivity index (χ1n) is 6.71. The molecule has 0 saturated heterocycles. The van der Waals surface area contributed by atoms with E-state index >= 15 is 0 Å². The normalized spacial score (nSPS) is 17.0. The van der Waals surface area contributed by atoms with Crippen molar-refractivity contribution in [3.05, 3.63) is 24.0 Å². The largest absolute Gasteiger partial charge is 0.398 e. The maximum atomic E-state index is 5.98. The molecule has 0 radical (unpaired) electrons. The van der Waals surface area contributed by atoms with Crippen LogP contribution in [0.1, 0.15) is 38.2 Å². The van der Waals surface area contributed by atoms with Crippen molar-refractivity contribution in [1.82, 2.24) is 10.3 Å². The van der Waals surface area contributed by atoms with E-state index in [0.717, 1.165) is 24.6 Å².